The highest BCUT2D eigenvalue weighted by atomic mass is 35.5. The first-order valence-electron chi connectivity index (χ1n) is 11.7. The topological polar surface area (TPSA) is 100.0 Å². The Balaban J connectivity index is 2.16. The molecule has 10 nitrogen and oxygen atoms in total. The molecule has 0 fully saturated rings. The van der Waals surface area contributed by atoms with Gasteiger partial charge in [-0.25, -0.2) is 4.98 Å². The van der Waals surface area contributed by atoms with Gasteiger partial charge in [0, 0.05) is 43.4 Å². The third kappa shape index (κ3) is 6.82. The summed E-state index contributed by atoms with van der Waals surface area (Å²) < 4.78 is 23.4. The van der Waals surface area contributed by atoms with Gasteiger partial charge in [0.2, 0.25) is 5.95 Å². The third-order valence-electron chi connectivity index (χ3n) is 5.60. The van der Waals surface area contributed by atoms with E-state index >= 15 is 0 Å². The number of anilines is 1. The number of aromatic nitrogens is 3. The van der Waals surface area contributed by atoms with Gasteiger partial charge in [0.25, 0.3) is 5.56 Å². The first kappa shape index (κ1) is 28.9. The number of halogens is 2. The Morgan fingerprint density at radius 1 is 1.08 bits per heavy atom. The van der Waals surface area contributed by atoms with Crippen molar-refractivity contribution in [1.29, 1.82) is 0 Å². The van der Waals surface area contributed by atoms with Crippen molar-refractivity contribution >= 4 is 40.2 Å². The van der Waals surface area contributed by atoms with Gasteiger partial charge in [-0.2, -0.15) is 4.98 Å². The van der Waals surface area contributed by atoms with Gasteiger partial charge in [-0.3, -0.25) is 9.36 Å². The van der Waals surface area contributed by atoms with Gasteiger partial charge in [0.05, 0.1) is 55.7 Å². The van der Waals surface area contributed by atoms with Crippen LogP contribution < -0.4 is 20.3 Å². The number of nitrogens with zero attached hydrogens (tertiary/aromatic N) is 4. The molecule has 1 unspecified atom stereocenters. The molecule has 0 amide bonds. The lowest BCUT2D eigenvalue weighted by Crippen LogP contribution is -2.29. The molecule has 2 heterocycles. The van der Waals surface area contributed by atoms with Crippen LogP contribution in [0.15, 0.2) is 23.1 Å². The zero-order chi connectivity index (χ0) is 27.1. The van der Waals surface area contributed by atoms with Crippen molar-refractivity contribution in [3.8, 4) is 22.6 Å². The Labute approximate surface area is 226 Å². The van der Waals surface area contributed by atoms with Crippen LogP contribution in [0.25, 0.3) is 22.2 Å². The predicted octanol–water partition coefficient (Wildman–Crippen LogP) is 3.81. The molecule has 0 spiro atoms. The van der Waals surface area contributed by atoms with Gasteiger partial charge in [-0.05, 0) is 27.1 Å². The van der Waals surface area contributed by atoms with Gasteiger partial charge in [0.15, 0.2) is 0 Å². The fourth-order valence-corrected chi connectivity index (χ4v) is 4.63. The van der Waals surface area contributed by atoms with E-state index in [1.165, 1.54) is 14.2 Å². The minimum absolute atomic E-state index is 0.0208. The summed E-state index contributed by atoms with van der Waals surface area (Å²) in [6, 6.07) is 3.25. The fraction of sp³-hybridized carbons (Fsp3) is 0.480. The molecule has 2 aromatic heterocycles. The maximum atomic E-state index is 13.9. The highest BCUT2D eigenvalue weighted by Gasteiger charge is 2.23. The molecule has 0 saturated carbocycles. The maximum absolute atomic E-state index is 13.9. The highest BCUT2D eigenvalue weighted by Crippen LogP contribution is 2.45. The van der Waals surface area contributed by atoms with E-state index < -0.39 is 0 Å². The van der Waals surface area contributed by atoms with E-state index in [9.17, 15) is 4.79 Å². The van der Waals surface area contributed by atoms with Crippen LogP contribution in [0.4, 0.5) is 5.95 Å². The summed E-state index contributed by atoms with van der Waals surface area (Å²) in [5.41, 5.74) is 0.695. The van der Waals surface area contributed by atoms with Crippen LogP contribution in [0.2, 0.25) is 10.0 Å². The normalized spacial score (nSPS) is 12.2. The van der Waals surface area contributed by atoms with Crippen LogP contribution in [0.1, 0.15) is 6.92 Å². The minimum Gasteiger partial charge on any atom is -0.495 e. The molecular formula is C25H33Cl2N5O5. The lowest BCUT2D eigenvalue weighted by atomic mass is 10.0. The quantitative estimate of drug-likeness (QED) is 0.316. The molecule has 202 valence electrons. The molecule has 1 atom stereocenters. The molecule has 0 aliphatic heterocycles. The van der Waals surface area contributed by atoms with Crippen molar-refractivity contribution in [2.45, 2.75) is 19.6 Å². The Morgan fingerprint density at radius 3 is 2.35 bits per heavy atom. The summed E-state index contributed by atoms with van der Waals surface area (Å²) >= 11 is 13.3. The summed E-state index contributed by atoms with van der Waals surface area (Å²) in [7, 11) is 8.53. The molecule has 3 rings (SSSR count). The van der Waals surface area contributed by atoms with E-state index in [0.717, 1.165) is 6.54 Å². The average Bonchev–Trinajstić information content (AvgIpc) is 2.86. The van der Waals surface area contributed by atoms with Gasteiger partial charge in [-0.1, -0.05) is 23.2 Å². The standard InChI is InChI=1S/C25H33Cl2N5O5/c1-15(14-31(2)3)37-10-8-32-23-16(13-29-25(30-23)28-7-9-34-4)11-17(24(32)33)20-21(26)18(35-5)12-19(36-6)22(20)27/h11-13,15H,7-10,14H2,1-6H3,(H,28,29,30). The van der Waals surface area contributed by atoms with Gasteiger partial charge >= 0.3 is 0 Å². The minimum atomic E-state index is -0.336. The second-order valence-electron chi connectivity index (χ2n) is 8.63. The summed E-state index contributed by atoms with van der Waals surface area (Å²) in [6.45, 7) is 4.29. The molecule has 0 radical (unpaired) electrons. The second-order valence-corrected chi connectivity index (χ2v) is 9.39. The zero-order valence-corrected chi connectivity index (χ0v) is 23.4. The number of likely N-dealkylation sites (N-methyl/N-ethyl adjacent to an activating group) is 1. The molecule has 1 N–H and O–H groups in total. The Hall–Kier alpha value is -2.63. The van der Waals surface area contributed by atoms with Gasteiger partial charge in [-0.15, -0.1) is 0 Å². The average molecular weight is 554 g/mol. The highest BCUT2D eigenvalue weighted by molar-refractivity contribution is 6.41. The number of nitrogens with one attached hydrogen (secondary N) is 1. The Kier molecular flexibility index (Phi) is 10.4. The summed E-state index contributed by atoms with van der Waals surface area (Å²) in [6.07, 6.45) is 1.62. The van der Waals surface area contributed by atoms with Crippen LogP contribution in [-0.4, -0.2) is 87.3 Å². The number of fused-ring (bicyclic) bond motifs is 1. The monoisotopic (exact) mass is 553 g/mol. The number of pyridine rings is 1. The molecule has 1 aromatic carbocycles. The van der Waals surface area contributed by atoms with Crippen LogP contribution in [0, 0.1) is 0 Å². The molecule has 3 aromatic rings. The van der Waals surface area contributed by atoms with E-state index in [-0.39, 0.29) is 33.8 Å². The number of benzene rings is 1. The van der Waals surface area contributed by atoms with Gasteiger partial charge < -0.3 is 29.2 Å². The SMILES string of the molecule is COCCNc1ncc2cc(-c3c(Cl)c(OC)cc(OC)c3Cl)c(=O)n(CCOC(C)CN(C)C)c2n1. The summed E-state index contributed by atoms with van der Waals surface area (Å²) in [5, 5.41) is 4.13. The second kappa shape index (κ2) is 13.3. The third-order valence-corrected chi connectivity index (χ3v) is 6.35. The summed E-state index contributed by atoms with van der Waals surface area (Å²) in [4.78, 5) is 25.0. The summed E-state index contributed by atoms with van der Waals surface area (Å²) in [5.74, 6) is 1.05. The largest absolute Gasteiger partial charge is 0.495 e. The van der Waals surface area contributed by atoms with Crippen molar-refractivity contribution in [3.63, 3.8) is 0 Å². The van der Waals surface area contributed by atoms with Crippen LogP contribution in [0.5, 0.6) is 11.5 Å². The molecule has 0 aliphatic rings. The van der Waals surface area contributed by atoms with E-state index in [4.69, 9.17) is 42.1 Å². The van der Waals surface area contributed by atoms with E-state index in [2.05, 4.69) is 15.3 Å². The smallest absolute Gasteiger partial charge is 0.260 e. The number of methoxy groups -OCH3 is 3. The molecule has 12 heteroatoms. The van der Waals surface area contributed by atoms with Crippen molar-refractivity contribution in [2.24, 2.45) is 0 Å². The Bertz CT molecular complexity index is 1260. The lowest BCUT2D eigenvalue weighted by Gasteiger charge is -2.19. The van der Waals surface area contributed by atoms with Crippen molar-refractivity contribution in [3.05, 3.63) is 38.7 Å². The Morgan fingerprint density at radius 2 is 1.76 bits per heavy atom. The van der Waals surface area contributed by atoms with Crippen molar-refractivity contribution in [2.75, 3.05) is 67.0 Å². The maximum Gasteiger partial charge on any atom is 0.260 e. The van der Waals surface area contributed by atoms with Crippen LogP contribution in [0.3, 0.4) is 0 Å². The molecule has 37 heavy (non-hydrogen) atoms. The number of hydrogen-bond donors (Lipinski definition) is 1. The van der Waals surface area contributed by atoms with Crippen molar-refractivity contribution in [1.82, 2.24) is 19.4 Å². The van der Waals surface area contributed by atoms with Gasteiger partial charge in [0.1, 0.15) is 17.1 Å². The molecule has 0 aliphatic carbocycles. The first-order valence-corrected chi connectivity index (χ1v) is 12.5. The zero-order valence-electron chi connectivity index (χ0n) is 21.9. The van der Waals surface area contributed by atoms with E-state index in [1.807, 2.05) is 25.9 Å². The van der Waals surface area contributed by atoms with E-state index in [0.29, 0.717) is 53.8 Å². The number of rotatable bonds is 13. The molecule has 0 bridgehead atoms. The van der Waals surface area contributed by atoms with Crippen LogP contribution >= 0.6 is 23.2 Å². The predicted molar refractivity (Wildman–Crippen MR) is 147 cm³/mol. The van der Waals surface area contributed by atoms with E-state index in [1.54, 1.807) is 30.0 Å². The first-order chi connectivity index (χ1) is 17.7. The fourth-order valence-electron chi connectivity index (χ4n) is 3.93. The van der Waals surface area contributed by atoms with Crippen molar-refractivity contribution < 1.29 is 18.9 Å². The molecular weight excluding hydrogens is 521 g/mol. The molecule has 0 saturated heterocycles. The number of hydrogen-bond acceptors (Lipinski definition) is 9. The van der Waals surface area contributed by atoms with Crippen LogP contribution in [-0.2, 0) is 16.0 Å². The number of ether oxygens (including phenoxy) is 4. The lowest BCUT2D eigenvalue weighted by molar-refractivity contribution is 0.0435.